The lowest BCUT2D eigenvalue weighted by molar-refractivity contribution is -0.135. The van der Waals surface area contributed by atoms with Crippen molar-refractivity contribution >= 4 is 15.7 Å². The van der Waals surface area contributed by atoms with Gasteiger partial charge >= 0.3 is 0 Å². The number of benzene rings is 3. The standard InChI is InChI=1S/C28H34N2O6S/c1-36-24-12-8-11-22(15-24)18-30(19-27(32)26(29)16-21-9-4-2-5-10-21)28(33)17-23(31)20-37(34,35)25-13-6-3-7-14-25/h2-15,23,26-27,31-32H,16-20,29H2,1H3. The summed E-state index contributed by atoms with van der Waals surface area (Å²) in [6.07, 6.45) is -2.46. The van der Waals surface area contributed by atoms with Crippen molar-refractivity contribution in [1.29, 1.82) is 0 Å². The topological polar surface area (TPSA) is 130 Å². The Morgan fingerprint density at radius 2 is 1.57 bits per heavy atom. The zero-order valence-corrected chi connectivity index (χ0v) is 21.6. The van der Waals surface area contributed by atoms with Crippen LogP contribution in [0.5, 0.6) is 5.75 Å². The van der Waals surface area contributed by atoms with Crippen LogP contribution >= 0.6 is 0 Å². The number of carbonyl (C=O) groups is 1. The molecule has 0 saturated heterocycles. The molecule has 0 aliphatic carbocycles. The molecule has 0 spiro atoms. The largest absolute Gasteiger partial charge is 0.497 e. The third kappa shape index (κ3) is 8.68. The summed E-state index contributed by atoms with van der Waals surface area (Å²) >= 11 is 0. The number of hydrogen-bond acceptors (Lipinski definition) is 7. The number of ether oxygens (including phenoxy) is 1. The van der Waals surface area contributed by atoms with E-state index in [0.717, 1.165) is 11.1 Å². The van der Waals surface area contributed by atoms with E-state index in [2.05, 4.69) is 0 Å². The molecule has 3 unspecified atom stereocenters. The van der Waals surface area contributed by atoms with Gasteiger partial charge in [-0.25, -0.2) is 8.42 Å². The Morgan fingerprint density at radius 3 is 2.22 bits per heavy atom. The summed E-state index contributed by atoms with van der Waals surface area (Å²) in [5, 5.41) is 21.4. The molecule has 8 nitrogen and oxygen atoms in total. The van der Waals surface area contributed by atoms with Crippen LogP contribution in [0.15, 0.2) is 89.8 Å². The minimum Gasteiger partial charge on any atom is -0.497 e. The molecule has 3 aromatic carbocycles. The Kier molecular flexibility index (Phi) is 10.2. The second kappa shape index (κ2) is 13.3. The molecule has 0 saturated carbocycles. The van der Waals surface area contributed by atoms with Gasteiger partial charge in [-0.15, -0.1) is 0 Å². The molecule has 0 aliphatic heterocycles. The zero-order valence-electron chi connectivity index (χ0n) is 20.8. The summed E-state index contributed by atoms with van der Waals surface area (Å²) in [6.45, 7) is 0.0471. The Morgan fingerprint density at radius 1 is 0.946 bits per heavy atom. The van der Waals surface area contributed by atoms with E-state index in [1.54, 1.807) is 36.4 Å². The monoisotopic (exact) mass is 526 g/mol. The normalized spacial score (nSPS) is 13.9. The van der Waals surface area contributed by atoms with E-state index in [4.69, 9.17) is 10.5 Å². The fourth-order valence-electron chi connectivity index (χ4n) is 4.00. The lowest BCUT2D eigenvalue weighted by Gasteiger charge is -2.29. The molecule has 3 aromatic rings. The first-order chi connectivity index (χ1) is 17.7. The highest BCUT2D eigenvalue weighted by Gasteiger charge is 2.27. The number of nitrogens with two attached hydrogens (primary N) is 1. The minimum absolute atomic E-state index is 0.0806. The molecule has 1 amide bonds. The van der Waals surface area contributed by atoms with Gasteiger partial charge in [-0.2, -0.15) is 0 Å². The van der Waals surface area contributed by atoms with E-state index in [-0.39, 0.29) is 18.0 Å². The van der Waals surface area contributed by atoms with Crippen LogP contribution in [0.4, 0.5) is 0 Å². The summed E-state index contributed by atoms with van der Waals surface area (Å²) in [5.41, 5.74) is 7.96. The summed E-state index contributed by atoms with van der Waals surface area (Å²) in [5.74, 6) is -0.476. The number of hydrogen-bond donors (Lipinski definition) is 3. The van der Waals surface area contributed by atoms with Gasteiger partial charge in [0.05, 0.1) is 36.4 Å². The van der Waals surface area contributed by atoms with Gasteiger partial charge in [-0.05, 0) is 41.8 Å². The second-order valence-electron chi connectivity index (χ2n) is 9.00. The molecule has 0 fully saturated rings. The summed E-state index contributed by atoms with van der Waals surface area (Å²) in [4.78, 5) is 14.7. The Bertz CT molecular complexity index is 1240. The van der Waals surface area contributed by atoms with Crippen molar-refractivity contribution in [3.8, 4) is 5.75 Å². The number of aliphatic hydroxyl groups is 2. The van der Waals surface area contributed by atoms with Crippen LogP contribution in [-0.4, -0.2) is 67.1 Å². The maximum Gasteiger partial charge on any atom is 0.225 e. The zero-order chi connectivity index (χ0) is 26.8. The Labute approximate surface area is 218 Å². The average molecular weight is 527 g/mol. The number of nitrogens with zero attached hydrogens (tertiary/aromatic N) is 1. The Balaban J connectivity index is 1.72. The third-order valence-electron chi connectivity index (χ3n) is 6.00. The van der Waals surface area contributed by atoms with Crippen LogP contribution in [0.25, 0.3) is 0 Å². The molecule has 3 rings (SSSR count). The van der Waals surface area contributed by atoms with Crippen molar-refractivity contribution in [3.63, 3.8) is 0 Å². The highest BCUT2D eigenvalue weighted by Crippen LogP contribution is 2.18. The SMILES string of the molecule is COc1cccc(CN(CC(O)C(N)Cc2ccccc2)C(=O)CC(O)CS(=O)(=O)c2ccccc2)c1. The molecule has 0 aliphatic rings. The van der Waals surface area contributed by atoms with E-state index in [1.807, 2.05) is 36.4 Å². The lowest BCUT2D eigenvalue weighted by atomic mass is 10.0. The van der Waals surface area contributed by atoms with Crippen molar-refractivity contribution < 1.29 is 28.2 Å². The maximum atomic E-state index is 13.2. The van der Waals surface area contributed by atoms with Crippen LogP contribution in [0, 0.1) is 0 Å². The van der Waals surface area contributed by atoms with Crippen LogP contribution in [0.2, 0.25) is 0 Å². The second-order valence-corrected chi connectivity index (χ2v) is 11.0. The minimum atomic E-state index is -3.78. The number of carbonyl (C=O) groups excluding carboxylic acids is 1. The molecule has 37 heavy (non-hydrogen) atoms. The molecule has 9 heteroatoms. The molecular formula is C28H34N2O6S. The summed E-state index contributed by atoms with van der Waals surface area (Å²) in [7, 11) is -2.24. The number of sulfone groups is 1. The predicted molar refractivity (Wildman–Crippen MR) is 142 cm³/mol. The van der Waals surface area contributed by atoms with E-state index >= 15 is 0 Å². The highest BCUT2D eigenvalue weighted by molar-refractivity contribution is 7.91. The summed E-state index contributed by atoms with van der Waals surface area (Å²) in [6, 6.07) is 23.8. The first-order valence-electron chi connectivity index (χ1n) is 12.0. The maximum absolute atomic E-state index is 13.2. The van der Waals surface area contributed by atoms with Crippen LogP contribution in [0.3, 0.4) is 0 Å². The van der Waals surface area contributed by atoms with E-state index < -0.39 is 46.2 Å². The number of rotatable bonds is 13. The Hall–Kier alpha value is -3.24. The van der Waals surface area contributed by atoms with Crippen molar-refractivity contribution in [2.24, 2.45) is 5.73 Å². The highest BCUT2D eigenvalue weighted by atomic mass is 32.2. The molecule has 0 bridgehead atoms. The van der Waals surface area contributed by atoms with Crippen molar-refractivity contribution in [2.45, 2.75) is 42.5 Å². The first kappa shape index (κ1) is 28.3. The third-order valence-corrected chi connectivity index (χ3v) is 7.81. The van der Waals surface area contributed by atoms with Crippen LogP contribution < -0.4 is 10.5 Å². The molecular weight excluding hydrogens is 492 g/mol. The van der Waals surface area contributed by atoms with E-state index in [1.165, 1.54) is 24.1 Å². The fourth-order valence-corrected chi connectivity index (χ4v) is 5.38. The number of amides is 1. The van der Waals surface area contributed by atoms with Gasteiger partial charge in [0.15, 0.2) is 9.84 Å². The van der Waals surface area contributed by atoms with Crippen LogP contribution in [-0.2, 0) is 27.6 Å². The predicted octanol–water partition coefficient (Wildman–Crippen LogP) is 2.18. The van der Waals surface area contributed by atoms with Gasteiger partial charge in [0.2, 0.25) is 5.91 Å². The number of methoxy groups -OCH3 is 1. The lowest BCUT2D eigenvalue weighted by Crippen LogP contribution is -2.47. The molecule has 198 valence electrons. The van der Waals surface area contributed by atoms with Crippen molar-refractivity contribution in [3.05, 3.63) is 96.1 Å². The van der Waals surface area contributed by atoms with Gasteiger partial charge in [-0.1, -0.05) is 60.7 Å². The molecule has 3 atom stereocenters. The average Bonchev–Trinajstić information content (AvgIpc) is 2.89. The van der Waals surface area contributed by atoms with Crippen molar-refractivity contribution in [1.82, 2.24) is 4.90 Å². The van der Waals surface area contributed by atoms with E-state index in [9.17, 15) is 23.4 Å². The van der Waals surface area contributed by atoms with E-state index in [0.29, 0.717) is 12.2 Å². The molecule has 0 aromatic heterocycles. The van der Waals surface area contributed by atoms with Gasteiger partial charge < -0.3 is 25.6 Å². The molecule has 4 N–H and O–H groups in total. The van der Waals surface area contributed by atoms with Crippen LogP contribution in [0.1, 0.15) is 17.5 Å². The molecule has 0 heterocycles. The van der Waals surface area contributed by atoms with Gasteiger partial charge in [-0.3, -0.25) is 4.79 Å². The fraction of sp³-hybridized carbons (Fsp3) is 0.321. The van der Waals surface area contributed by atoms with Gasteiger partial charge in [0, 0.05) is 19.1 Å². The smallest absolute Gasteiger partial charge is 0.225 e. The van der Waals surface area contributed by atoms with Gasteiger partial charge in [0.25, 0.3) is 0 Å². The quantitative estimate of drug-likeness (QED) is 0.311. The van der Waals surface area contributed by atoms with Crippen molar-refractivity contribution in [2.75, 3.05) is 19.4 Å². The first-order valence-corrected chi connectivity index (χ1v) is 13.7. The molecule has 0 radical (unpaired) electrons. The number of aliphatic hydroxyl groups excluding tert-OH is 2. The summed E-state index contributed by atoms with van der Waals surface area (Å²) < 4.78 is 30.5. The van der Waals surface area contributed by atoms with Gasteiger partial charge in [0.1, 0.15) is 5.75 Å².